The third-order valence-electron chi connectivity index (χ3n) is 3.10. The van der Waals surface area contributed by atoms with E-state index in [1.54, 1.807) is 4.90 Å². The number of carbonyl (C=O) groups excluding carboxylic acids is 1. The van der Waals surface area contributed by atoms with E-state index < -0.39 is 0 Å². The Kier molecular flexibility index (Phi) is 3.76. The molecule has 1 saturated heterocycles. The molecule has 0 aromatic heterocycles. The molecule has 1 heterocycles. The largest absolute Gasteiger partial charge is 0.370 e. The predicted octanol–water partition coefficient (Wildman–Crippen LogP) is 0.934. The van der Waals surface area contributed by atoms with E-state index in [1.165, 1.54) is 0 Å². The molecule has 0 spiro atoms. The van der Waals surface area contributed by atoms with Gasteiger partial charge in [-0.3, -0.25) is 4.79 Å². The number of hydrogen-bond acceptors (Lipinski definition) is 3. The van der Waals surface area contributed by atoms with E-state index in [0.29, 0.717) is 13.2 Å². The fourth-order valence-corrected chi connectivity index (χ4v) is 2.09. The molecule has 4 nitrogen and oxygen atoms in total. The summed E-state index contributed by atoms with van der Waals surface area (Å²) in [5.41, 5.74) is 6.52. The number of carbonyl (C=O) groups is 1. The molecule has 0 bridgehead atoms. The third-order valence-corrected chi connectivity index (χ3v) is 3.10. The van der Waals surface area contributed by atoms with Crippen LogP contribution in [-0.2, 0) is 9.53 Å². The molecule has 92 valence electrons. The van der Waals surface area contributed by atoms with Gasteiger partial charge in [-0.15, -0.1) is 0 Å². The summed E-state index contributed by atoms with van der Waals surface area (Å²) in [6, 6.07) is 10.1. The molecule has 1 aliphatic rings. The van der Waals surface area contributed by atoms with Crippen molar-refractivity contribution in [2.24, 2.45) is 5.73 Å². The van der Waals surface area contributed by atoms with Crippen LogP contribution in [0.25, 0.3) is 0 Å². The van der Waals surface area contributed by atoms with Gasteiger partial charge in [-0.2, -0.15) is 0 Å². The molecule has 0 saturated carbocycles. The van der Waals surface area contributed by atoms with Crippen LogP contribution >= 0.6 is 0 Å². The van der Waals surface area contributed by atoms with Gasteiger partial charge in [0.15, 0.2) is 0 Å². The molecule has 1 fully saturated rings. The van der Waals surface area contributed by atoms with Gasteiger partial charge in [-0.25, -0.2) is 0 Å². The fourth-order valence-electron chi connectivity index (χ4n) is 2.09. The molecular formula is C13H18N2O2. The van der Waals surface area contributed by atoms with Crippen LogP contribution in [0.1, 0.15) is 18.6 Å². The van der Waals surface area contributed by atoms with E-state index in [1.807, 2.05) is 37.3 Å². The highest BCUT2D eigenvalue weighted by Gasteiger charge is 2.29. The van der Waals surface area contributed by atoms with Crippen molar-refractivity contribution in [3.8, 4) is 0 Å². The molecule has 2 atom stereocenters. The SMILES string of the molecule is C[C@@H]1CO[C@@H](c2ccccc2)CN1C(=O)CN. The second-order valence-corrected chi connectivity index (χ2v) is 4.33. The monoisotopic (exact) mass is 234 g/mol. The van der Waals surface area contributed by atoms with Gasteiger partial charge in [0.05, 0.1) is 25.7 Å². The molecule has 1 aromatic rings. The summed E-state index contributed by atoms with van der Waals surface area (Å²) in [5, 5.41) is 0. The normalized spacial score (nSPS) is 24.7. The molecule has 0 unspecified atom stereocenters. The van der Waals surface area contributed by atoms with Gasteiger partial charge in [0.2, 0.25) is 5.91 Å². The first kappa shape index (κ1) is 12.1. The Morgan fingerprint density at radius 2 is 2.18 bits per heavy atom. The Morgan fingerprint density at radius 3 is 2.82 bits per heavy atom. The average Bonchev–Trinajstić information content (AvgIpc) is 2.39. The van der Waals surface area contributed by atoms with Crippen molar-refractivity contribution in [3.05, 3.63) is 35.9 Å². The molecule has 17 heavy (non-hydrogen) atoms. The van der Waals surface area contributed by atoms with E-state index in [2.05, 4.69) is 0 Å². The standard InChI is InChI=1S/C13H18N2O2/c1-10-9-17-12(8-15(10)13(16)7-14)11-5-3-2-4-6-11/h2-6,10,12H,7-9,14H2,1H3/t10-,12-/m1/s1. The zero-order valence-corrected chi connectivity index (χ0v) is 10.0. The van der Waals surface area contributed by atoms with Gasteiger partial charge < -0.3 is 15.4 Å². The van der Waals surface area contributed by atoms with Crippen LogP contribution < -0.4 is 5.73 Å². The minimum absolute atomic E-state index is 0.0123. The van der Waals surface area contributed by atoms with E-state index in [-0.39, 0.29) is 24.6 Å². The molecule has 2 rings (SSSR count). The summed E-state index contributed by atoms with van der Waals surface area (Å²) in [7, 11) is 0. The zero-order valence-electron chi connectivity index (χ0n) is 10.0. The fraction of sp³-hybridized carbons (Fsp3) is 0.462. The number of amides is 1. The topological polar surface area (TPSA) is 55.6 Å². The Balaban J connectivity index is 2.10. The van der Waals surface area contributed by atoms with Crippen LogP contribution in [0.5, 0.6) is 0 Å². The highest BCUT2D eigenvalue weighted by molar-refractivity contribution is 5.78. The van der Waals surface area contributed by atoms with Crippen molar-refractivity contribution >= 4 is 5.91 Å². The number of benzene rings is 1. The van der Waals surface area contributed by atoms with Crippen molar-refractivity contribution in [3.63, 3.8) is 0 Å². The third kappa shape index (κ3) is 2.65. The van der Waals surface area contributed by atoms with E-state index in [0.717, 1.165) is 5.56 Å². The lowest BCUT2D eigenvalue weighted by atomic mass is 10.1. The summed E-state index contributed by atoms with van der Waals surface area (Å²) in [6.45, 7) is 3.19. The Morgan fingerprint density at radius 1 is 1.47 bits per heavy atom. The van der Waals surface area contributed by atoms with Gasteiger partial charge in [-0.1, -0.05) is 30.3 Å². The van der Waals surface area contributed by atoms with Crippen LogP contribution in [0.2, 0.25) is 0 Å². The Hall–Kier alpha value is -1.39. The maximum Gasteiger partial charge on any atom is 0.236 e. The predicted molar refractivity (Wildman–Crippen MR) is 65.4 cm³/mol. The molecule has 0 radical (unpaired) electrons. The number of rotatable bonds is 2. The summed E-state index contributed by atoms with van der Waals surface area (Å²) in [4.78, 5) is 13.5. The molecule has 2 N–H and O–H groups in total. The van der Waals surface area contributed by atoms with Gasteiger partial charge in [-0.05, 0) is 12.5 Å². The molecule has 1 aliphatic heterocycles. The van der Waals surface area contributed by atoms with Crippen molar-refractivity contribution in [2.45, 2.75) is 19.1 Å². The molecule has 0 aliphatic carbocycles. The van der Waals surface area contributed by atoms with Crippen LogP contribution in [0, 0.1) is 0 Å². The average molecular weight is 234 g/mol. The first-order valence-corrected chi connectivity index (χ1v) is 5.88. The maximum atomic E-state index is 11.7. The van der Waals surface area contributed by atoms with Gasteiger partial charge in [0.25, 0.3) is 0 Å². The van der Waals surface area contributed by atoms with Crippen LogP contribution in [0.15, 0.2) is 30.3 Å². The molecule has 1 aromatic carbocycles. The van der Waals surface area contributed by atoms with Gasteiger partial charge in [0.1, 0.15) is 6.10 Å². The minimum atomic E-state index is -0.0390. The van der Waals surface area contributed by atoms with Crippen molar-refractivity contribution in [2.75, 3.05) is 19.7 Å². The summed E-state index contributed by atoms with van der Waals surface area (Å²) < 4.78 is 5.77. The number of ether oxygens (including phenoxy) is 1. The van der Waals surface area contributed by atoms with Crippen molar-refractivity contribution < 1.29 is 9.53 Å². The van der Waals surface area contributed by atoms with Crippen LogP contribution in [-0.4, -0.2) is 36.5 Å². The lowest BCUT2D eigenvalue weighted by Crippen LogP contribution is -2.50. The maximum absolute atomic E-state index is 11.7. The lowest BCUT2D eigenvalue weighted by Gasteiger charge is -2.38. The van der Waals surface area contributed by atoms with Crippen molar-refractivity contribution in [1.29, 1.82) is 0 Å². The van der Waals surface area contributed by atoms with Crippen LogP contribution in [0.4, 0.5) is 0 Å². The quantitative estimate of drug-likeness (QED) is 0.828. The number of nitrogens with zero attached hydrogens (tertiary/aromatic N) is 1. The summed E-state index contributed by atoms with van der Waals surface area (Å²) in [5.74, 6) is -0.0123. The first-order valence-electron chi connectivity index (χ1n) is 5.88. The van der Waals surface area contributed by atoms with E-state index >= 15 is 0 Å². The van der Waals surface area contributed by atoms with Crippen LogP contribution in [0.3, 0.4) is 0 Å². The second kappa shape index (κ2) is 5.29. The minimum Gasteiger partial charge on any atom is -0.370 e. The van der Waals surface area contributed by atoms with E-state index in [9.17, 15) is 4.79 Å². The van der Waals surface area contributed by atoms with Gasteiger partial charge in [0, 0.05) is 0 Å². The molecule has 4 heteroatoms. The Bertz CT molecular complexity index is 380. The number of hydrogen-bond donors (Lipinski definition) is 1. The van der Waals surface area contributed by atoms with Gasteiger partial charge >= 0.3 is 0 Å². The number of nitrogens with two attached hydrogens (primary N) is 1. The Labute approximate surface area is 101 Å². The summed E-state index contributed by atoms with van der Waals surface area (Å²) in [6.07, 6.45) is -0.0390. The molecule has 1 amide bonds. The number of morpholine rings is 1. The highest BCUT2D eigenvalue weighted by atomic mass is 16.5. The zero-order chi connectivity index (χ0) is 12.3. The first-order chi connectivity index (χ1) is 8.22. The van der Waals surface area contributed by atoms with Crippen molar-refractivity contribution in [1.82, 2.24) is 4.90 Å². The lowest BCUT2D eigenvalue weighted by molar-refractivity contribution is -0.142. The highest BCUT2D eigenvalue weighted by Crippen LogP contribution is 2.24. The second-order valence-electron chi connectivity index (χ2n) is 4.33. The summed E-state index contributed by atoms with van der Waals surface area (Å²) >= 11 is 0. The smallest absolute Gasteiger partial charge is 0.236 e. The molecular weight excluding hydrogens is 216 g/mol. The van der Waals surface area contributed by atoms with E-state index in [4.69, 9.17) is 10.5 Å².